The van der Waals surface area contributed by atoms with Crippen molar-refractivity contribution < 1.29 is 4.79 Å². The Balaban J connectivity index is 1.81. The van der Waals surface area contributed by atoms with Gasteiger partial charge in [0.2, 0.25) is 0 Å². The topological polar surface area (TPSA) is 46.9 Å². The van der Waals surface area contributed by atoms with E-state index in [1.807, 2.05) is 31.2 Å². The zero-order valence-corrected chi connectivity index (χ0v) is 13.6. The van der Waals surface area contributed by atoms with E-state index in [1.54, 1.807) is 6.20 Å². The molecular weight excluding hydrogens is 294 g/mol. The van der Waals surface area contributed by atoms with Crippen LogP contribution >= 0.6 is 11.3 Å². The predicted molar refractivity (Wildman–Crippen MR) is 90.0 cm³/mol. The monoisotopic (exact) mass is 311 g/mol. The van der Waals surface area contributed by atoms with Crippen LogP contribution in [0, 0.1) is 20.8 Å². The third-order valence-electron chi connectivity index (χ3n) is 3.50. The number of rotatable bonds is 3. The van der Waals surface area contributed by atoms with Gasteiger partial charge in [-0.25, -0.2) is 4.98 Å². The predicted octanol–water partition coefficient (Wildman–Crippen LogP) is 4.11. The number of carbonyl (C=O) groups excluding carboxylic acids is 1. The van der Waals surface area contributed by atoms with E-state index in [-0.39, 0.29) is 5.91 Å². The van der Waals surface area contributed by atoms with E-state index in [4.69, 9.17) is 0 Å². The number of hydrogen-bond donors (Lipinski definition) is 1. The standard InChI is InChI=1S/C17H17N3OS/c1-11-4-5-12(2)20(11)15-8-6-14(7-9-15)16(21)19-17-18-10-13(3)22-17/h4-10H,1-3H3,(H,18,19,21). The Morgan fingerprint density at radius 2 is 1.68 bits per heavy atom. The summed E-state index contributed by atoms with van der Waals surface area (Å²) in [7, 11) is 0. The molecule has 0 bridgehead atoms. The molecule has 4 nitrogen and oxygen atoms in total. The third kappa shape index (κ3) is 2.80. The molecule has 0 saturated heterocycles. The van der Waals surface area contributed by atoms with Gasteiger partial charge in [0.25, 0.3) is 5.91 Å². The maximum absolute atomic E-state index is 12.2. The summed E-state index contributed by atoms with van der Waals surface area (Å²) in [6, 6.07) is 11.8. The van der Waals surface area contributed by atoms with Crippen LogP contribution in [0.3, 0.4) is 0 Å². The van der Waals surface area contributed by atoms with Crippen LogP contribution in [-0.2, 0) is 0 Å². The minimum Gasteiger partial charge on any atom is -0.319 e. The molecule has 0 unspecified atom stereocenters. The molecule has 1 aromatic carbocycles. The lowest BCUT2D eigenvalue weighted by Crippen LogP contribution is -2.11. The van der Waals surface area contributed by atoms with Gasteiger partial charge in [0.1, 0.15) is 0 Å². The number of benzene rings is 1. The summed E-state index contributed by atoms with van der Waals surface area (Å²) < 4.78 is 2.16. The molecule has 0 aliphatic carbocycles. The average Bonchev–Trinajstić information content (AvgIpc) is 3.05. The zero-order chi connectivity index (χ0) is 15.7. The van der Waals surface area contributed by atoms with Crippen molar-refractivity contribution in [3.8, 4) is 5.69 Å². The number of aromatic nitrogens is 2. The Bertz CT molecular complexity index is 795. The van der Waals surface area contributed by atoms with Gasteiger partial charge in [-0.15, -0.1) is 11.3 Å². The largest absolute Gasteiger partial charge is 0.319 e. The van der Waals surface area contributed by atoms with Crippen molar-refractivity contribution in [2.45, 2.75) is 20.8 Å². The van der Waals surface area contributed by atoms with Crippen LogP contribution in [0.1, 0.15) is 26.6 Å². The molecule has 2 heterocycles. The molecule has 112 valence electrons. The van der Waals surface area contributed by atoms with Crippen molar-refractivity contribution in [1.82, 2.24) is 9.55 Å². The summed E-state index contributed by atoms with van der Waals surface area (Å²) in [6.45, 7) is 6.10. The molecule has 2 aromatic heterocycles. The number of amides is 1. The molecule has 3 aromatic rings. The highest BCUT2D eigenvalue weighted by Gasteiger charge is 2.09. The molecule has 22 heavy (non-hydrogen) atoms. The number of carbonyl (C=O) groups is 1. The van der Waals surface area contributed by atoms with Gasteiger partial charge < -0.3 is 4.57 Å². The summed E-state index contributed by atoms with van der Waals surface area (Å²) in [5, 5.41) is 3.45. The van der Waals surface area contributed by atoms with E-state index in [1.165, 1.54) is 22.7 Å². The van der Waals surface area contributed by atoms with Gasteiger partial charge in [-0.3, -0.25) is 10.1 Å². The van der Waals surface area contributed by atoms with Crippen molar-refractivity contribution >= 4 is 22.4 Å². The van der Waals surface area contributed by atoms with Crippen molar-refractivity contribution in [2.24, 2.45) is 0 Å². The maximum atomic E-state index is 12.2. The molecule has 1 amide bonds. The van der Waals surface area contributed by atoms with E-state index in [9.17, 15) is 4.79 Å². The quantitative estimate of drug-likeness (QED) is 0.791. The zero-order valence-electron chi connectivity index (χ0n) is 12.8. The molecule has 0 fully saturated rings. The first kappa shape index (κ1) is 14.5. The van der Waals surface area contributed by atoms with Gasteiger partial charge in [-0.1, -0.05) is 0 Å². The second-order valence-corrected chi connectivity index (χ2v) is 6.46. The van der Waals surface area contributed by atoms with E-state index < -0.39 is 0 Å². The molecular formula is C17H17N3OS. The first-order valence-electron chi connectivity index (χ1n) is 7.04. The number of nitrogens with zero attached hydrogens (tertiary/aromatic N) is 2. The maximum Gasteiger partial charge on any atom is 0.257 e. The molecule has 0 spiro atoms. The van der Waals surface area contributed by atoms with Crippen LogP contribution in [0.4, 0.5) is 5.13 Å². The van der Waals surface area contributed by atoms with Gasteiger partial charge in [0, 0.05) is 33.7 Å². The van der Waals surface area contributed by atoms with E-state index in [0.717, 1.165) is 10.6 Å². The van der Waals surface area contributed by atoms with Crippen molar-refractivity contribution in [3.63, 3.8) is 0 Å². The highest BCUT2D eigenvalue weighted by Crippen LogP contribution is 2.19. The summed E-state index contributed by atoms with van der Waals surface area (Å²) in [5.74, 6) is -0.137. The molecule has 0 aliphatic rings. The third-order valence-corrected chi connectivity index (χ3v) is 4.33. The highest BCUT2D eigenvalue weighted by atomic mass is 32.1. The summed E-state index contributed by atoms with van der Waals surface area (Å²) in [6.07, 6.45) is 1.75. The fraction of sp³-hybridized carbons (Fsp3) is 0.176. The normalized spacial score (nSPS) is 10.7. The molecule has 5 heteroatoms. The van der Waals surface area contributed by atoms with Gasteiger partial charge in [-0.2, -0.15) is 0 Å². The van der Waals surface area contributed by atoms with Gasteiger partial charge in [-0.05, 0) is 57.2 Å². The molecule has 0 aliphatic heterocycles. The van der Waals surface area contributed by atoms with Crippen LogP contribution in [-0.4, -0.2) is 15.5 Å². The van der Waals surface area contributed by atoms with Gasteiger partial charge in [0.05, 0.1) is 0 Å². The molecule has 0 atom stereocenters. The van der Waals surface area contributed by atoms with Crippen LogP contribution in [0.15, 0.2) is 42.6 Å². The fourth-order valence-corrected chi connectivity index (χ4v) is 3.08. The fourth-order valence-electron chi connectivity index (χ4n) is 2.42. The molecule has 0 radical (unpaired) electrons. The second kappa shape index (κ2) is 5.77. The van der Waals surface area contributed by atoms with Gasteiger partial charge >= 0.3 is 0 Å². The lowest BCUT2D eigenvalue weighted by atomic mass is 10.2. The van der Waals surface area contributed by atoms with Crippen molar-refractivity contribution in [1.29, 1.82) is 0 Å². The molecule has 0 saturated carbocycles. The van der Waals surface area contributed by atoms with Crippen LogP contribution in [0.5, 0.6) is 0 Å². The van der Waals surface area contributed by atoms with Crippen LogP contribution in [0.25, 0.3) is 5.69 Å². The smallest absolute Gasteiger partial charge is 0.257 e. The Kier molecular flexibility index (Phi) is 3.81. The number of hydrogen-bond acceptors (Lipinski definition) is 3. The molecule has 3 rings (SSSR count). The van der Waals surface area contributed by atoms with Gasteiger partial charge in [0.15, 0.2) is 5.13 Å². The van der Waals surface area contributed by atoms with E-state index in [2.05, 4.69) is 40.8 Å². The highest BCUT2D eigenvalue weighted by molar-refractivity contribution is 7.15. The number of nitrogens with one attached hydrogen (secondary N) is 1. The Morgan fingerprint density at radius 3 is 2.23 bits per heavy atom. The second-order valence-electron chi connectivity index (χ2n) is 5.23. The number of aryl methyl sites for hydroxylation is 3. The Morgan fingerprint density at radius 1 is 1.05 bits per heavy atom. The van der Waals surface area contributed by atoms with Crippen LogP contribution in [0.2, 0.25) is 0 Å². The Hall–Kier alpha value is -2.40. The van der Waals surface area contributed by atoms with E-state index >= 15 is 0 Å². The number of thiazole rings is 1. The average molecular weight is 311 g/mol. The summed E-state index contributed by atoms with van der Waals surface area (Å²) >= 11 is 1.47. The first-order chi connectivity index (χ1) is 10.5. The Labute approximate surface area is 133 Å². The summed E-state index contributed by atoms with van der Waals surface area (Å²) in [4.78, 5) is 17.4. The van der Waals surface area contributed by atoms with Crippen molar-refractivity contribution in [3.05, 3.63) is 64.4 Å². The van der Waals surface area contributed by atoms with Crippen molar-refractivity contribution in [2.75, 3.05) is 5.32 Å². The lowest BCUT2D eigenvalue weighted by molar-refractivity contribution is 0.102. The van der Waals surface area contributed by atoms with E-state index in [0.29, 0.717) is 10.7 Å². The SMILES string of the molecule is Cc1cnc(NC(=O)c2ccc(-n3c(C)ccc3C)cc2)s1. The summed E-state index contributed by atoms with van der Waals surface area (Å²) in [5.41, 5.74) is 4.03. The van der Waals surface area contributed by atoms with Crippen LogP contribution < -0.4 is 5.32 Å². The lowest BCUT2D eigenvalue weighted by Gasteiger charge is -2.10. The minimum absolute atomic E-state index is 0.137. The first-order valence-corrected chi connectivity index (χ1v) is 7.85. The minimum atomic E-state index is -0.137. The number of anilines is 1. The molecule has 1 N–H and O–H groups in total.